The van der Waals surface area contributed by atoms with Crippen molar-refractivity contribution in [1.82, 2.24) is 0 Å². The summed E-state index contributed by atoms with van der Waals surface area (Å²) in [6.45, 7) is 16.1. The fraction of sp³-hybridized carbons (Fsp3) is 0.725. The number of ketones is 1. The van der Waals surface area contributed by atoms with Crippen molar-refractivity contribution in [2.24, 2.45) is 39.9 Å². The van der Waals surface area contributed by atoms with E-state index in [1.165, 1.54) is 5.57 Å². The van der Waals surface area contributed by atoms with Crippen LogP contribution in [-0.4, -0.2) is 23.3 Å². The van der Waals surface area contributed by atoms with Crippen molar-refractivity contribution in [3.8, 4) is 5.75 Å². The van der Waals surface area contributed by atoms with Crippen molar-refractivity contribution >= 4 is 17.7 Å². The number of allylic oxidation sites excluding steroid dienone is 2. The normalized spacial score (nSPS) is 43.9. The fourth-order valence-corrected chi connectivity index (χ4v) is 13.2. The van der Waals surface area contributed by atoms with Crippen molar-refractivity contribution in [3.63, 3.8) is 0 Å². The number of hydrogen-bond acceptors (Lipinski definition) is 5. The molecule has 1 aromatic rings. The molecule has 2 aliphatic heterocycles. The molecule has 45 heavy (non-hydrogen) atoms. The number of fused-ring (bicyclic) bond motifs is 7. The van der Waals surface area contributed by atoms with E-state index in [4.69, 9.17) is 9.47 Å². The van der Waals surface area contributed by atoms with Crippen LogP contribution in [0, 0.1) is 39.9 Å². The lowest BCUT2D eigenvalue weighted by Crippen LogP contribution is -2.57. The van der Waals surface area contributed by atoms with Gasteiger partial charge < -0.3 is 9.47 Å². The Morgan fingerprint density at radius 1 is 0.822 bits per heavy atom. The zero-order chi connectivity index (χ0) is 31.9. The third kappa shape index (κ3) is 3.59. The molecule has 3 saturated carbocycles. The Morgan fingerprint density at radius 2 is 1.53 bits per heavy atom. The Balaban J connectivity index is 1.29. The minimum absolute atomic E-state index is 0.00222. The largest absolute Gasteiger partial charge is 0.459 e. The van der Waals surface area contributed by atoms with E-state index >= 15 is 0 Å². The summed E-state index contributed by atoms with van der Waals surface area (Å²) in [5.74, 6) is 0.992. The molecule has 8 atom stereocenters. The summed E-state index contributed by atoms with van der Waals surface area (Å²) < 4.78 is 12.7. The van der Waals surface area contributed by atoms with Gasteiger partial charge in [0.2, 0.25) is 0 Å². The maximum Gasteiger partial charge on any atom is 0.322 e. The zero-order valence-corrected chi connectivity index (χ0v) is 28.6. The highest BCUT2D eigenvalue weighted by Crippen LogP contribution is 2.70. The number of Topliss-reactive ketones (excluding diaryl/α,β-unsaturated/α-hetero) is 1. The average molecular weight is 613 g/mol. The van der Waals surface area contributed by atoms with Crippen molar-refractivity contribution in [1.29, 1.82) is 0 Å². The highest BCUT2D eigenvalue weighted by molar-refractivity contribution is 6.06. The second kappa shape index (κ2) is 9.13. The lowest BCUT2D eigenvalue weighted by Gasteiger charge is -2.56. The molecule has 4 fully saturated rings. The third-order valence-corrected chi connectivity index (χ3v) is 15.3. The van der Waals surface area contributed by atoms with E-state index in [-0.39, 0.29) is 57.6 Å². The second-order valence-electron chi connectivity index (χ2n) is 18.2. The van der Waals surface area contributed by atoms with Gasteiger partial charge in [0.1, 0.15) is 16.8 Å². The molecule has 242 valence electrons. The van der Waals surface area contributed by atoms with Gasteiger partial charge in [-0.05, 0) is 111 Å². The van der Waals surface area contributed by atoms with Gasteiger partial charge in [0.05, 0.1) is 5.41 Å². The van der Waals surface area contributed by atoms with Crippen molar-refractivity contribution in [2.75, 3.05) is 0 Å². The van der Waals surface area contributed by atoms with E-state index in [1.807, 2.05) is 6.07 Å². The Morgan fingerprint density at radius 3 is 2.29 bits per heavy atom. The average Bonchev–Trinajstić information content (AvgIpc) is 3.28. The summed E-state index contributed by atoms with van der Waals surface area (Å²) in [6, 6.07) is 4.12. The monoisotopic (exact) mass is 612 g/mol. The summed E-state index contributed by atoms with van der Waals surface area (Å²) in [6.07, 6.45) is 13.2. The first-order valence-electron chi connectivity index (χ1n) is 18.0. The summed E-state index contributed by atoms with van der Waals surface area (Å²) in [7, 11) is 0. The Kier molecular flexibility index (Phi) is 6.07. The molecule has 7 aliphatic rings. The zero-order valence-electron chi connectivity index (χ0n) is 28.6. The van der Waals surface area contributed by atoms with E-state index in [0.29, 0.717) is 25.0 Å². The van der Waals surface area contributed by atoms with E-state index < -0.39 is 16.4 Å². The Hall–Kier alpha value is -2.43. The third-order valence-electron chi connectivity index (χ3n) is 15.3. The molecule has 0 unspecified atom stereocenters. The molecule has 2 bridgehead atoms. The molecule has 0 radical (unpaired) electrons. The topological polar surface area (TPSA) is 69.7 Å². The number of hydrogen-bond donors (Lipinski definition) is 0. The predicted octanol–water partition coefficient (Wildman–Crippen LogP) is 8.80. The maximum atomic E-state index is 14.5. The SMILES string of the molecule is CC1=CCC[C@]2(C(=O)Oc3ccc4c(c32)C(=O)C[C@H]2C(C)(C)CCC[C@]42C)[C@H]1C[C@@H]1[C@@]23CCCC(C)(C)[C@H]2CC[C@@]1(C)OC3=O. The van der Waals surface area contributed by atoms with Gasteiger partial charge in [-0.15, -0.1) is 0 Å². The lowest BCUT2D eigenvalue weighted by atomic mass is 9.44. The van der Waals surface area contributed by atoms with Gasteiger partial charge in [0.15, 0.2) is 5.78 Å². The predicted molar refractivity (Wildman–Crippen MR) is 173 cm³/mol. The van der Waals surface area contributed by atoms with Crippen LogP contribution in [-0.2, 0) is 25.2 Å². The molecule has 8 rings (SSSR count). The van der Waals surface area contributed by atoms with Crippen molar-refractivity contribution in [3.05, 3.63) is 40.5 Å². The quantitative estimate of drug-likeness (QED) is 0.190. The van der Waals surface area contributed by atoms with Gasteiger partial charge in [-0.25, -0.2) is 0 Å². The van der Waals surface area contributed by atoms with Gasteiger partial charge >= 0.3 is 11.9 Å². The second-order valence-corrected chi connectivity index (χ2v) is 18.2. The molecule has 0 aromatic heterocycles. The molecule has 1 saturated heterocycles. The molecular formula is C40H52O5. The number of ether oxygens (including phenoxy) is 2. The molecule has 1 aromatic carbocycles. The van der Waals surface area contributed by atoms with Crippen LogP contribution < -0.4 is 4.74 Å². The summed E-state index contributed by atoms with van der Waals surface area (Å²) in [5.41, 5.74) is 2.05. The first-order valence-corrected chi connectivity index (χ1v) is 18.0. The van der Waals surface area contributed by atoms with Crippen LogP contribution in [0.2, 0.25) is 0 Å². The highest BCUT2D eigenvalue weighted by atomic mass is 16.6. The maximum absolute atomic E-state index is 14.5. The van der Waals surface area contributed by atoms with E-state index in [9.17, 15) is 14.4 Å². The first-order chi connectivity index (χ1) is 21.1. The van der Waals surface area contributed by atoms with Crippen LogP contribution >= 0.6 is 0 Å². The van der Waals surface area contributed by atoms with Crippen LogP contribution in [0.4, 0.5) is 0 Å². The number of benzene rings is 1. The van der Waals surface area contributed by atoms with E-state index in [2.05, 4.69) is 60.6 Å². The summed E-state index contributed by atoms with van der Waals surface area (Å²) in [5, 5.41) is 0. The minimum Gasteiger partial charge on any atom is -0.459 e. The molecule has 2 spiro atoms. The first kappa shape index (κ1) is 29.9. The van der Waals surface area contributed by atoms with E-state index in [0.717, 1.165) is 74.5 Å². The Labute approximate surface area is 269 Å². The summed E-state index contributed by atoms with van der Waals surface area (Å²) in [4.78, 5) is 43.1. The van der Waals surface area contributed by atoms with Crippen molar-refractivity contribution < 1.29 is 23.9 Å². The highest BCUT2D eigenvalue weighted by Gasteiger charge is 2.72. The van der Waals surface area contributed by atoms with E-state index in [1.54, 1.807) is 0 Å². The number of carbonyl (C=O) groups excluding carboxylic acids is 3. The number of rotatable bonds is 2. The molecule has 5 aliphatic carbocycles. The van der Waals surface area contributed by atoms with Crippen molar-refractivity contribution in [2.45, 2.75) is 142 Å². The van der Waals surface area contributed by atoms with Gasteiger partial charge in [-0.3, -0.25) is 14.4 Å². The minimum atomic E-state index is -0.921. The van der Waals surface area contributed by atoms with Gasteiger partial charge in [-0.2, -0.15) is 0 Å². The molecule has 2 heterocycles. The summed E-state index contributed by atoms with van der Waals surface area (Å²) >= 11 is 0. The molecule has 0 amide bonds. The number of esters is 2. The van der Waals surface area contributed by atoms with Crippen LogP contribution in [0.3, 0.4) is 0 Å². The van der Waals surface area contributed by atoms with Crippen LogP contribution in [0.5, 0.6) is 5.75 Å². The Bertz CT molecular complexity index is 1560. The molecule has 5 heteroatoms. The van der Waals surface area contributed by atoms with Crippen LogP contribution in [0.1, 0.15) is 147 Å². The standard InChI is InChI=1S/C40H52O5/c1-23-11-8-18-39(25(23)21-30-38(7)20-14-28-35(2,3)16-10-19-40(28,30)34(43)45-38)32-27(44-33(39)42)13-12-24-31(32)26(41)22-29-36(4,5)15-9-17-37(24,29)6/h11-13,25,28-30H,8-10,14-22H2,1-7H3/t25-,28+,29-,30-,37+,38+,39-,40+/m0/s1. The van der Waals surface area contributed by atoms with Gasteiger partial charge in [0.25, 0.3) is 0 Å². The van der Waals surface area contributed by atoms with Gasteiger partial charge in [0, 0.05) is 29.4 Å². The number of carbonyl (C=O) groups is 3. The van der Waals surface area contributed by atoms with Crippen LogP contribution in [0.15, 0.2) is 23.8 Å². The molecule has 0 N–H and O–H groups in total. The molecular weight excluding hydrogens is 560 g/mol. The van der Waals surface area contributed by atoms with Crippen LogP contribution in [0.25, 0.3) is 0 Å². The fourth-order valence-electron chi connectivity index (χ4n) is 13.2. The smallest absolute Gasteiger partial charge is 0.322 e. The lowest BCUT2D eigenvalue weighted by molar-refractivity contribution is -0.157. The molecule has 5 nitrogen and oxygen atoms in total. The van der Waals surface area contributed by atoms with Gasteiger partial charge in [-0.1, -0.05) is 65.2 Å².